The summed E-state index contributed by atoms with van der Waals surface area (Å²) in [7, 11) is 4.34. The first-order valence-electron chi connectivity index (χ1n) is 6.35. The van der Waals surface area contributed by atoms with E-state index in [0.717, 1.165) is 17.8 Å². The van der Waals surface area contributed by atoms with Crippen molar-refractivity contribution in [2.24, 2.45) is 10.9 Å². The number of halogens is 1. The Bertz CT molecular complexity index is 275. The van der Waals surface area contributed by atoms with Gasteiger partial charge in [0.2, 0.25) is 0 Å². The Kier molecular flexibility index (Phi) is 5.18. The molecule has 0 spiro atoms. The van der Waals surface area contributed by atoms with Gasteiger partial charge in [0.25, 0.3) is 0 Å². The minimum atomic E-state index is 0.657. The molecule has 0 amide bonds. The van der Waals surface area contributed by atoms with Gasteiger partial charge in [-0.05, 0) is 32.9 Å². The van der Waals surface area contributed by atoms with Crippen LogP contribution in [-0.2, 0) is 0 Å². The van der Waals surface area contributed by atoms with Crippen LogP contribution in [0.4, 0.5) is 0 Å². The van der Waals surface area contributed by atoms with Crippen LogP contribution in [0.25, 0.3) is 0 Å². The maximum Gasteiger partial charge on any atom is 0.159 e. The second-order valence-electron chi connectivity index (χ2n) is 5.21. The molecule has 2 aliphatic rings. The molecule has 0 radical (unpaired) electrons. The molecule has 0 aromatic rings. The van der Waals surface area contributed by atoms with Gasteiger partial charge in [0.1, 0.15) is 0 Å². The molecular weight excluding hydrogens is 298 g/mol. The summed E-state index contributed by atoms with van der Waals surface area (Å²) in [5.41, 5.74) is 0. The highest BCUT2D eigenvalue weighted by Gasteiger charge is 2.26. The second kappa shape index (κ2) is 6.43. The highest BCUT2D eigenvalue weighted by molar-refractivity contribution is 9.09. The standard InChI is InChI=1S/C12H22BrN3S/c1-15(2)9-10-3-5-16(6-4-10)12-14-8-11(7-13)17-12/h10-11H,3-9H2,1-2H3. The molecule has 2 rings (SSSR count). The Labute approximate surface area is 117 Å². The van der Waals surface area contributed by atoms with Crippen LogP contribution in [0, 0.1) is 5.92 Å². The lowest BCUT2D eigenvalue weighted by atomic mass is 9.97. The van der Waals surface area contributed by atoms with Gasteiger partial charge in [-0.25, -0.2) is 0 Å². The monoisotopic (exact) mass is 319 g/mol. The Morgan fingerprint density at radius 3 is 2.65 bits per heavy atom. The van der Waals surface area contributed by atoms with E-state index < -0.39 is 0 Å². The third-order valence-corrected chi connectivity index (χ3v) is 5.84. The Morgan fingerprint density at radius 2 is 2.12 bits per heavy atom. The summed E-state index contributed by atoms with van der Waals surface area (Å²) in [5, 5.41) is 3.00. The highest BCUT2D eigenvalue weighted by atomic mass is 79.9. The summed E-state index contributed by atoms with van der Waals surface area (Å²) < 4.78 is 0. The lowest BCUT2D eigenvalue weighted by Gasteiger charge is -2.34. The molecule has 0 aliphatic carbocycles. The van der Waals surface area contributed by atoms with Crippen LogP contribution in [0.15, 0.2) is 4.99 Å². The van der Waals surface area contributed by atoms with E-state index in [-0.39, 0.29) is 0 Å². The zero-order chi connectivity index (χ0) is 12.3. The highest BCUT2D eigenvalue weighted by Crippen LogP contribution is 2.28. The molecule has 1 atom stereocenters. The number of aliphatic imine (C=N–C) groups is 1. The molecule has 2 aliphatic heterocycles. The van der Waals surface area contributed by atoms with Crippen molar-refractivity contribution in [1.82, 2.24) is 9.80 Å². The first kappa shape index (κ1) is 13.7. The first-order valence-corrected chi connectivity index (χ1v) is 8.36. The van der Waals surface area contributed by atoms with Crippen molar-refractivity contribution in [2.75, 3.05) is 45.6 Å². The number of hydrogen-bond acceptors (Lipinski definition) is 4. The number of nitrogens with zero attached hydrogens (tertiary/aromatic N) is 3. The molecule has 2 heterocycles. The van der Waals surface area contributed by atoms with Gasteiger partial charge in [0, 0.05) is 30.2 Å². The summed E-state index contributed by atoms with van der Waals surface area (Å²) >= 11 is 5.50. The van der Waals surface area contributed by atoms with E-state index in [1.807, 2.05) is 11.8 Å². The van der Waals surface area contributed by atoms with Crippen molar-refractivity contribution >= 4 is 32.9 Å². The van der Waals surface area contributed by atoms with E-state index in [9.17, 15) is 0 Å². The molecule has 5 heteroatoms. The Hall–Kier alpha value is 0.260. The molecule has 0 aromatic carbocycles. The van der Waals surface area contributed by atoms with Crippen LogP contribution in [0.2, 0.25) is 0 Å². The van der Waals surface area contributed by atoms with Crippen molar-refractivity contribution in [3.8, 4) is 0 Å². The van der Waals surface area contributed by atoms with Gasteiger partial charge in [-0.3, -0.25) is 4.99 Å². The van der Waals surface area contributed by atoms with Crippen LogP contribution >= 0.6 is 27.7 Å². The van der Waals surface area contributed by atoms with Gasteiger partial charge in [-0.15, -0.1) is 0 Å². The van der Waals surface area contributed by atoms with E-state index in [4.69, 9.17) is 0 Å². The predicted molar refractivity (Wildman–Crippen MR) is 80.3 cm³/mol. The maximum absolute atomic E-state index is 4.66. The quantitative estimate of drug-likeness (QED) is 0.743. The molecule has 3 nitrogen and oxygen atoms in total. The minimum absolute atomic E-state index is 0.657. The average Bonchev–Trinajstić information content (AvgIpc) is 2.78. The fraction of sp³-hybridized carbons (Fsp3) is 0.917. The lowest BCUT2D eigenvalue weighted by Crippen LogP contribution is -2.39. The maximum atomic E-state index is 4.66. The number of thioether (sulfide) groups is 1. The summed E-state index contributed by atoms with van der Waals surface area (Å²) in [4.78, 5) is 9.46. The minimum Gasteiger partial charge on any atom is -0.351 e. The van der Waals surface area contributed by atoms with E-state index >= 15 is 0 Å². The predicted octanol–water partition coefficient (Wildman–Crippen LogP) is 2.13. The molecule has 0 aromatic heterocycles. The molecule has 0 saturated carbocycles. The van der Waals surface area contributed by atoms with Crippen LogP contribution in [-0.4, -0.2) is 65.8 Å². The zero-order valence-corrected chi connectivity index (χ0v) is 13.1. The molecule has 1 saturated heterocycles. The average molecular weight is 320 g/mol. The van der Waals surface area contributed by atoms with Gasteiger partial charge in [0.15, 0.2) is 5.17 Å². The summed E-state index contributed by atoms with van der Waals surface area (Å²) in [6, 6.07) is 0. The summed E-state index contributed by atoms with van der Waals surface area (Å²) in [6.07, 6.45) is 2.63. The van der Waals surface area contributed by atoms with Crippen molar-refractivity contribution in [1.29, 1.82) is 0 Å². The third-order valence-electron chi connectivity index (χ3n) is 3.38. The molecule has 1 unspecified atom stereocenters. The van der Waals surface area contributed by atoms with E-state index in [1.165, 1.54) is 37.6 Å². The Morgan fingerprint density at radius 1 is 1.41 bits per heavy atom. The fourth-order valence-electron chi connectivity index (χ4n) is 2.48. The van der Waals surface area contributed by atoms with E-state index in [0.29, 0.717) is 5.25 Å². The second-order valence-corrected chi connectivity index (χ2v) is 7.13. The van der Waals surface area contributed by atoms with Crippen molar-refractivity contribution in [2.45, 2.75) is 18.1 Å². The largest absolute Gasteiger partial charge is 0.351 e. The fourth-order valence-corrected chi connectivity index (χ4v) is 4.07. The third kappa shape index (κ3) is 3.86. The normalized spacial score (nSPS) is 26.7. The summed E-state index contributed by atoms with van der Waals surface area (Å²) in [6.45, 7) is 4.61. The summed E-state index contributed by atoms with van der Waals surface area (Å²) in [5.74, 6) is 0.875. The Balaban J connectivity index is 1.76. The SMILES string of the molecule is CN(C)CC1CCN(C2=NCC(CBr)S2)CC1. The zero-order valence-electron chi connectivity index (χ0n) is 10.7. The van der Waals surface area contributed by atoms with Crippen LogP contribution in [0.3, 0.4) is 0 Å². The van der Waals surface area contributed by atoms with Gasteiger partial charge in [-0.2, -0.15) is 0 Å². The van der Waals surface area contributed by atoms with Gasteiger partial charge in [-0.1, -0.05) is 27.7 Å². The van der Waals surface area contributed by atoms with Crippen LogP contribution < -0.4 is 0 Å². The van der Waals surface area contributed by atoms with Crippen molar-refractivity contribution < 1.29 is 0 Å². The van der Waals surface area contributed by atoms with Crippen molar-refractivity contribution in [3.05, 3.63) is 0 Å². The molecule has 17 heavy (non-hydrogen) atoms. The van der Waals surface area contributed by atoms with Gasteiger partial charge >= 0.3 is 0 Å². The molecule has 1 fully saturated rings. The van der Waals surface area contributed by atoms with Gasteiger partial charge < -0.3 is 9.80 Å². The number of amidine groups is 1. The number of alkyl halides is 1. The number of hydrogen-bond donors (Lipinski definition) is 0. The van der Waals surface area contributed by atoms with E-state index in [2.05, 4.69) is 44.8 Å². The van der Waals surface area contributed by atoms with Crippen LogP contribution in [0.5, 0.6) is 0 Å². The van der Waals surface area contributed by atoms with Gasteiger partial charge in [0.05, 0.1) is 6.54 Å². The van der Waals surface area contributed by atoms with Crippen LogP contribution in [0.1, 0.15) is 12.8 Å². The van der Waals surface area contributed by atoms with Crippen molar-refractivity contribution in [3.63, 3.8) is 0 Å². The smallest absolute Gasteiger partial charge is 0.159 e. The topological polar surface area (TPSA) is 18.8 Å². The first-order chi connectivity index (χ1) is 8.19. The van der Waals surface area contributed by atoms with E-state index in [1.54, 1.807) is 0 Å². The number of likely N-dealkylation sites (tertiary alicyclic amines) is 1. The molecule has 0 bridgehead atoms. The lowest BCUT2D eigenvalue weighted by molar-refractivity contribution is 0.221. The molecule has 98 valence electrons. The molecular formula is C12H22BrN3S. The molecule has 0 N–H and O–H groups in total. The number of rotatable bonds is 3. The number of piperidine rings is 1.